The third-order valence-electron chi connectivity index (χ3n) is 4.19. The van der Waals surface area contributed by atoms with Gasteiger partial charge in [-0.2, -0.15) is 0 Å². The van der Waals surface area contributed by atoms with Crippen LogP contribution < -0.4 is 15.4 Å². The molecule has 6 heteroatoms. The molecule has 0 bridgehead atoms. The smallest absolute Gasteiger partial charge is 0.176 e. The van der Waals surface area contributed by atoms with Gasteiger partial charge in [-0.3, -0.25) is 9.69 Å². The molecule has 0 aliphatic carbocycles. The Hall–Kier alpha value is -1.63. The molecule has 0 aromatic heterocycles. The molecule has 0 atom stereocenters. The van der Waals surface area contributed by atoms with Crippen molar-refractivity contribution < 1.29 is 14.3 Å². The second kappa shape index (κ2) is 8.29. The fourth-order valence-electron chi connectivity index (χ4n) is 2.87. The van der Waals surface area contributed by atoms with Gasteiger partial charge in [0.25, 0.3) is 0 Å². The highest BCUT2D eigenvalue weighted by atomic mass is 16.5. The standard InChI is InChI=1S/C17H25N3O3/c21-16(13-18-4-1-6-20-7-10-22-11-8-20)14-2-3-17-15(12-14)19-5-9-23-17/h2-3,12,18-19H,1,4-11,13H2. The third kappa shape index (κ3) is 4.67. The number of morpholine rings is 1. The Labute approximate surface area is 137 Å². The quantitative estimate of drug-likeness (QED) is 0.577. The van der Waals surface area contributed by atoms with Crippen LogP contribution in [0, 0.1) is 0 Å². The molecule has 0 amide bonds. The number of anilines is 1. The third-order valence-corrected chi connectivity index (χ3v) is 4.19. The number of ketones is 1. The fourth-order valence-corrected chi connectivity index (χ4v) is 2.87. The summed E-state index contributed by atoms with van der Waals surface area (Å²) in [6, 6.07) is 5.59. The number of nitrogens with zero attached hydrogens (tertiary/aromatic N) is 1. The number of fused-ring (bicyclic) bond motifs is 1. The molecule has 0 spiro atoms. The number of ether oxygens (including phenoxy) is 2. The van der Waals surface area contributed by atoms with Gasteiger partial charge in [0.1, 0.15) is 12.4 Å². The van der Waals surface area contributed by atoms with Crippen LogP contribution in [-0.4, -0.2) is 69.8 Å². The second-order valence-electron chi connectivity index (χ2n) is 5.89. The van der Waals surface area contributed by atoms with Crippen molar-refractivity contribution in [3.8, 4) is 5.75 Å². The maximum atomic E-state index is 12.2. The monoisotopic (exact) mass is 319 g/mol. The first-order valence-corrected chi connectivity index (χ1v) is 8.38. The molecule has 1 fully saturated rings. The highest BCUT2D eigenvalue weighted by molar-refractivity contribution is 5.98. The van der Waals surface area contributed by atoms with Crippen LogP contribution in [-0.2, 0) is 4.74 Å². The van der Waals surface area contributed by atoms with Gasteiger partial charge in [0.2, 0.25) is 0 Å². The predicted molar refractivity (Wildman–Crippen MR) is 89.5 cm³/mol. The van der Waals surface area contributed by atoms with Gasteiger partial charge in [-0.05, 0) is 37.7 Å². The van der Waals surface area contributed by atoms with Gasteiger partial charge in [0.15, 0.2) is 5.78 Å². The molecule has 23 heavy (non-hydrogen) atoms. The highest BCUT2D eigenvalue weighted by Gasteiger charge is 2.13. The summed E-state index contributed by atoms with van der Waals surface area (Å²) in [5, 5.41) is 6.50. The molecule has 2 heterocycles. The van der Waals surface area contributed by atoms with E-state index in [0.29, 0.717) is 13.2 Å². The Morgan fingerprint density at radius 2 is 2.13 bits per heavy atom. The molecule has 2 aliphatic rings. The fraction of sp³-hybridized carbons (Fsp3) is 0.588. The second-order valence-corrected chi connectivity index (χ2v) is 5.89. The normalized spacial score (nSPS) is 17.9. The molecule has 3 rings (SSSR count). The van der Waals surface area contributed by atoms with Gasteiger partial charge in [-0.25, -0.2) is 0 Å². The summed E-state index contributed by atoms with van der Waals surface area (Å²) in [4.78, 5) is 14.6. The topological polar surface area (TPSA) is 62.8 Å². The van der Waals surface area contributed by atoms with Gasteiger partial charge in [-0.15, -0.1) is 0 Å². The Kier molecular flexibility index (Phi) is 5.85. The molecule has 2 N–H and O–H groups in total. The lowest BCUT2D eigenvalue weighted by molar-refractivity contribution is 0.0375. The van der Waals surface area contributed by atoms with Crippen LogP contribution in [0.25, 0.3) is 0 Å². The SMILES string of the molecule is O=C(CNCCCN1CCOCC1)c1ccc2c(c1)NCCO2. The first-order valence-electron chi connectivity index (χ1n) is 8.38. The maximum absolute atomic E-state index is 12.2. The van der Waals surface area contributed by atoms with E-state index in [-0.39, 0.29) is 5.78 Å². The van der Waals surface area contributed by atoms with Gasteiger partial charge < -0.3 is 20.1 Å². The number of Topliss-reactive ketones (excluding diaryl/α,β-unsaturated/α-hetero) is 1. The Morgan fingerprint density at radius 1 is 1.26 bits per heavy atom. The first-order chi connectivity index (χ1) is 11.3. The van der Waals surface area contributed by atoms with E-state index >= 15 is 0 Å². The number of nitrogens with one attached hydrogen (secondary N) is 2. The van der Waals surface area contributed by atoms with E-state index in [2.05, 4.69) is 15.5 Å². The van der Waals surface area contributed by atoms with Crippen LogP contribution >= 0.6 is 0 Å². The van der Waals surface area contributed by atoms with Crippen LogP contribution in [0.4, 0.5) is 5.69 Å². The molecule has 0 radical (unpaired) electrons. The lowest BCUT2D eigenvalue weighted by Crippen LogP contribution is -2.38. The minimum atomic E-state index is 0.117. The molecule has 0 unspecified atom stereocenters. The van der Waals surface area contributed by atoms with Gasteiger partial charge in [0.05, 0.1) is 25.4 Å². The minimum absolute atomic E-state index is 0.117. The zero-order valence-corrected chi connectivity index (χ0v) is 13.5. The Morgan fingerprint density at radius 3 is 3.00 bits per heavy atom. The number of carbonyl (C=O) groups is 1. The van der Waals surface area contributed by atoms with Gasteiger partial charge in [-0.1, -0.05) is 0 Å². The average molecular weight is 319 g/mol. The van der Waals surface area contributed by atoms with E-state index in [1.165, 1.54) is 0 Å². The van der Waals surface area contributed by atoms with Gasteiger partial charge >= 0.3 is 0 Å². The van der Waals surface area contributed by atoms with Crippen molar-refractivity contribution in [3.05, 3.63) is 23.8 Å². The van der Waals surface area contributed by atoms with Crippen molar-refractivity contribution in [1.82, 2.24) is 10.2 Å². The maximum Gasteiger partial charge on any atom is 0.176 e. The highest BCUT2D eigenvalue weighted by Crippen LogP contribution is 2.28. The molecule has 0 saturated carbocycles. The number of benzene rings is 1. The van der Waals surface area contributed by atoms with Crippen LogP contribution in [0.1, 0.15) is 16.8 Å². The molecular weight excluding hydrogens is 294 g/mol. The minimum Gasteiger partial charge on any atom is -0.490 e. The zero-order valence-electron chi connectivity index (χ0n) is 13.5. The lowest BCUT2D eigenvalue weighted by atomic mass is 10.1. The van der Waals surface area contributed by atoms with Crippen molar-refractivity contribution in [2.75, 3.05) is 64.4 Å². The van der Waals surface area contributed by atoms with Crippen LogP contribution in [0.3, 0.4) is 0 Å². The summed E-state index contributed by atoms with van der Waals surface area (Å²) >= 11 is 0. The Balaban J connectivity index is 1.37. The van der Waals surface area contributed by atoms with Crippen molar-refractivity contribution in [2.45, 2.75) is 6.42 Å². The lowest BCUT2D eigenvalue weighted by Gasteiger charge is -2.26. The van der Waals surface area contributed by atoms with E-state index in [1.807, 2.05) is 18.2 Å². The van der Waals surface area contributed by atoms with E-state index in [0.717, 1.165) is 69.4 Å². The first kappa shape index (κ1) is 16.2. The van der Waals surface area contributed by atoms with E-state index in [9.17, 15) is 4.79 Å². The molecule has 1 aromatic carbocycles. The molecule has 126 valence electrons. The summed E-state index contributed by atoms with van der Waals surface area (Å²) < 4.78 is 10.9. The van der Waals surface area contributed by atoms with Crippen molar-refractivity contribution in [3.63, 3.8) is 0 Å². The van der Waals surface area contributed by atoms with E-state index < -0.39 is 0 Å². The summed E-state index contributed by atoms with van der Waals surface area (Å²) in [5.41, 5.74) is 1.64. The summed E-state index contributed by atoms with van der Waals surface area (Å²) in [5.74, 6) is 0.942. The number of hydrogen-bond acceptors (Lipinski definition) is 6. The van der Waals surface area contributed by atoms with E-state index in [4.69, 9.17) is 9.47 Å². The van der Waals surface area contributed by atoms with E-state index in [1.54, 1.807) is 0 Å². The molecule has 1 aromatic rings. The summed E-state index contributed by atoms with van der Waals surface area (Å²) in [6.07, 6.45) is 1.05. The van der Waals surface area contributed by atoms with Crippen molar-refractivity contribution in [2.24, 2.45) is 0 Å². The largest absolute Gasteiger partial charge is 0.490 e. The van der Waals surface area contributed by atoms with Crippen LogP contribution in [0.15, 0.2) is 18.2 Å². The predicted octanol–water partition coefficient (Wildman–Crippen LogP) is 0.986. The number of carbonyl (C=O) groups excluding carboxylic acids is 1. The van der Waals surface area contributed by atoms with Crippen molar-refractivity contribution >= 4 is 11.5 Å². The van der Waals surface area contributed by atoms with Crippen molar-refractivity contribution in [1.29, 1.82) is 0 Å². The zero-order chi connectivity index (χ0) is 15.9. The van der Waals surface area contributed by atoms with Crippen LogP contribution in [0.2, 0.25) is 0 Å². The molecule has 6 nitrogen and oxygen atoms in total. The summed E-state index contributed by atoms with van der Waals surface area (Å²) in [6.45, 7) is 7.45. The average Bonchev–Trinajstić information content (AvgIpc) is 2.61. The van der Waals surface area contributed by atoms with Gasteiger partial charge in [0, 0.05) is 25.2 Å². The molecular formula is C17H25N3O3. The van der Waals surface area contributed by atoms with Crippen LogP contribution in [0.5, 0.6) is 5.75 Å². The molecule has 2 aliphatic heterocycles. The number of rotatable bonds is 7. The number of hydrogen-bond donors (Lipinski definition) is 2. The Bertz CT molecular complexity index is 530. The molecule has 1 saturated heterocycles. The summed E-state index contributed by atoms with van der Waals surface area (Å²) in [7, 11) is 0.